The van der Waals surface area contributed by atoms with Gasteiger partial charge in [-0.2, -0.15) is 0 Å². The summed E-state index contributed by atoms with van der Waals surface area (Å²) in [7, 11) is 0. The SMILES string of the molecule is CCC(C)(CO)CNC1CCSc2ccccc21. The van der Waals surface area contributed by atoms with Gasteiger partial charge in [-0.15, -0.1) is 11.8 Å². The van der Waals surface area contributed by atoms with E-state index in [9.17, 15) is 5.11 Å². The Balaban J connectivity index is 2.03. The van der Waals surface area contributed by atoms with Crippen LogP contribution in [-0.4, -0.2) is 24.0 Å². The molecule has 0 spiro atoms. The number of hydrogen-bond acceptors (Lipinski definition) is 3. The third-order valence-electron chi connectivity index (χ3n) is 3.97. The zero-order valence-electron chi connectivity index (χ0n) is 11.3. The largest absolute Gasteiger partial charge is 0.396 e. The van der Waals surface area contributed by atoms with Crippen molar-refractivity contribution in [1.82, 2.24) is 5.32 Å². The first kappa shape index (κ1) is 13.9. The van der Waals surface area contributed by atoms with Crippen molar-refractivity contribution in [3.05, 3.63) is 29.8 Å². The van der Waals surface area contributed by atoms with Crippen LogP contribution in [0, 0.1) is 5.41 Å². The van der Waals surface area contributed by atoms with Crippen LogP contribution in [0.1, 0.15) is 38.3 Å². The lowest BCUT2D eigenvalue weighted by molar-refractivity contribution is 0.131. The Morgan fingerprint density at radius 1 is 1.44 bits per heavy atom. The highest BCUT2D eigenvalue weighted by molar-refractivity contribution is 7.99. The molecule has 0 saturated heterocycles. The minimum atomic E-state index is -0.000463. The molecule has 2 nitrogen and oxygen atoms in total. The van der Waals surface area contributed by atoms with Gasteiger partial charge in [0.25, 0.3) is 0 Å². The Morgan fingerprint density at radius 3 is 2.94 bits per heavy atom. The van der Waals surface area contributed by atoms with E-state index in [-0.39, 0.29) is 12.0 Å². The van der Waals surface area contributed by atoms with Crippen LogP contribution < -0.4 is 5.32 Å². The van der Waals surface area contributed by atoms with E-state index in [0.29, 0.717) is 6.04 Å². The van der Waals surface area contributed by atoms with Crippen molar-refractivity contribution < 1.29 is 5.11 Å². The van der Waals surface area contributed by atoms with Gasteiger partial charge >= 0.3 is 0 Å². The molecule has 0 radical (unpaired) electrons. The minimum absolute atomic E-state index is 0.000463. The van der Waals surface area contributed by atoms with Crippen LogP contribution in [0.2, 0.25) is 0 Å². The Kier molecular flexibility index (Phi) is 4.71. The lowest BCUT2D eigenvalue weighted by atomic mass is 9.88. The second-order valence-corrected chi connectivity index (χ2v) is 6.57. The summed E-state index contributed by atoms with van der Waals surface area (Å²) in [6.07, 6.45) is 2.17. The third-order valence-corrected chi connectivity index (χ3v) is 5.09. The number of hydrogen-bond donors (Lipinski definition) is 2. The van der Waals surface area contributed by atoms with Gasteiger partial charge in [0.2, 0.25) is 0 Å². The summed E-state index contributed by atoms with van der Waals surface area (Å²) >= 11 is 1.95. The predicted octanol–water partition coefficient (Wildman–Crippen LogP) is 3.22. The van der Waals surface area contributed by atoms with Gasteiger partial charge in [0.05, 0.1) is 0 Å². The zero-order chi connectivity index (χ0) is 13.0. The number of rotatable bonds is 5. The first-order chi connectivity index (χ1) is 8.68. The molecule has 2 N–H and O–H groups in total. The molecule has 3 heteroatoms. The van der Waals surface area contributed by atoms with Crippen molar-refractivity contribution in [3.8, 4) is 0 Å². The van der Waals surface area contributed by atoms with Crippen LogP contribution >= 0.6 is 11.8 Å². The van der Waals surface area contributed by atoms with E-state index < -0.39 is 0 Å². The molecule has 100 valence electrons. The maximum Gasteiger partial charge on any atom is 0.0496 e. The molecule has 0 saturated carbocycles. The highest BCUT2D eigenvalue weighted by atomic mass is 32.2. The number of benzene rings is 1. The summed E-state index contributed by atoms with van der Waals surface area (Å²) < 4.78 is 0. The lowest BCUT2D eigenvalue weighted by Gasteiger charge is -2.32. The first-order valence-corrected chi connectivity index (χ1v) is 7.73. The first-order valence-electron chi connectivity index (χ1n) is 6.74. The van der Waals surface area contributed by atoms with E-state index in [4.69, 9.17) is 0 Å². The van der Waals surface area contributed by atoms with Gasteiger partial charge in [-0.1, -0.05) is 32.0 Å². The predicted molar refractivity (Wildman–Crippen MR) is 78.0 cm³/mol. The summed E-state index contributed by atoms with van der Waals surface area (Å²) in [5, 5.41) is 13.1. The molecular formula is C15H23NOS. The highest BCUT2D eigenvalue weighted by Crippen LogP contribution is 2.36. The van der Waals surface area contributed by atoms with Gasteiger partial charge in [-0.25, -0.2) is 0 Å². The van der Waals surface area contributed by atoms with E-state index in [1.54, 1.807) is 0 Å². The second-order valence-electron chi connectivity index (χ2n) is 5.43. The third kappa shape index (κ3) is 3.08. The molecule has 1 aromatic rings. The van der Waals surface area contributed by atoms with Crippen molar-refractivity contribution in [3.63, 3.8) is 0 Å². The van der Waals surface area contributed by atoms with Crippen molar-refractivity contribution in [2.24, 2.45) is 5.41 Å². The van der Waals surface area contributed by atoms with Crippen LogP contribution in [0.4, 0.5) is 0 Å². The van der Waals surface area contributed by atoms with E-state index in [1.807, 2.05) is 11.8 Å². The Bertz CT molecular complexity index is 390. The number of nitrogens with one attached hydrogen (secondary N) is 1. The monoisotopic (exact) mass is 265 g/mol. The van der Waals surface area contributed by atoms with Gasteiger partial charge in [0.1, 0.15) is 0 Å². The number of aliphatic hydroxyl groups is 1. The molecule has 1 aliphatic heterocycles. The van der Waals surface area contributed by atoms with E-state index in [2.05, 4.69) is 43.4 Å². The molecule has 0 aromatic heterocycles. The van der Waals surface area contributed by atoms with E-state index in [0.717, 1.165) is 13.0 Å². The molecule has 18 heavy (non-hydrogen) atoms. The average molecular weight is 265 g/mol. The van der Waals surface area contributed by atoms with Gasteiger partial charge in [-0.3, -0.25) is 0 Å². The maximum atomic E-state index is 9.47. The molecule has 2 unspecified atom stereocenters. The molecule has 0 bridgehead atoms. The Hall–Kier alpha value is -0.510. The normalized spacial score (nSPS) is 22.3. The van der Waals surface area contributed by atoms with Gasteiger partial charge in [0, 0.05) is 29.5 Å². The molecule has 0 fully saturated rings. The van der Waals surface area contributed by atoms with Crippen LogP contribution in [0.5, 0.6) is 0 Å². The zero-order valence-corrected chi connectivity index (χ0v) is 12.1. The average Bonchev–Trinajstić information content (AvgIpc) is 2.44. The van der Waals surface area contributed by atoms with Crippen molar-refractivity contribution in [2.45, 2.75) is 37.6 Å². The fraction of sp³-hybridized carbons (Fsp3) is 0.600. The van der Waals surface area contributed by atoms with Crippen LogP contribution in [0.15, 0.2) is 29.2 Å². The number of fused-ring (bicyclic) bond motifs is 1. The molecule has 2 rings (SSSR count). The molecule has 0 aliphatic carbocycles. The lowest BCUT2D eigenvalue weighted by Crippen LogP contribution is -2.37. The fourth-order valence-corrected chi connectivity index (χ4v) is 3.34. The van der Waals surface area contributed by atoms with Gasteiger partial charge in [0.15, 0.2) is 0 Å². The van der Waals surface area contributed by atoms with E-state index >= 15 is 0 Å². The summed E-state index contributed by atoms with van der Waals surface area (Å²) in [6, 6.07) is 9.10. The highest BCUT2D eigenvalue weighted by Gasteiger charge is 2.25. The van der Waals surface area contributed by atoms with Gasteiger partial charge < -0.3 is 10.4 Å². The second kappa shape index (κ2) is 6.09. The van der Waals surface area contributed by atoms with Crippen LogP contribution in [0.3, 0.4) is 0 Å². The molecule has 1 aliphatic rings. The van der Waals surface area contributed by atoms with Gasteiger partial charge in [-0.05, 0) is 30.2 Å². The van der Waals surface area contributed by atoms with Crippen LogP contribution in [-0.2, 0) is 0 Å². The Morgan fingerprint density at radius 2 is 2.22 bits per heavy atom. The van der Waals surface area contributed by atoms with Crippen molar-refractivity contribution in [2.75, 3.05) is 18.9 Å². The number of thioether (sulfide) groups is 1. The van der Waals surface area contributed by atoms with E-state index in [1.165, 1.54) is 22.6 Å². The molecular weight excluding hydrogens is 242 g/mol. The standard InChI is InChI=1S/C15H23NOS/c1-3-15(2,11-17)10-16-13-8-9-18-14-7-5-4-6-12(13)14/h4-7,13,16-17H,3,8-11H2,1-2H3. The molecule has 2 atom stereocenters. The topological polar surface area (TPSA) is 32.3 Å². The van der Waals surface area contributed by atoms with Crippen molar-refractivity contribution >= 4 is 11.8 Å². The fourth-order valence-electron chi connectivity index (χ4n) is 2.22. The summed E-state index contributed by atoms with van der Waals surface area (Å²) in [6.45, 7) is 5.41. The maximum absolute atomic E-state index is 9.47. The summed E-state index contributed by atoms with van der Waals surface area (Å²) in [5.41, 5.74) is 1.42. The van der Waals surface area contributed by atoms with Crippen molar-refractivity contribution in [1.29, 1.82) is 0 Å². The summed E-state index contributed by atoms with van der Waals surface area (Å²) in [4.78, 5) is 1.41. The summed E-state index contributed by atoms with van der Waals surface area (Å²) in [5.74, 6) is 1.18. The molecule has 1 aromatic carbocycles. The van der Waals surface area contributed by atoms with Crippen LogP contribution in [0.25, 0.3) is 0 Å². The number of aliphatic hydroxyl groups excluding tert-OH is 1. The quantitative estimate of drug-likeness (QED) is 0.857. The minimum Gasteiger partial charge on any atom is -0.396 e. The smallest absolute Gasteiger partial charge is 0.0496 e. The molecule has 0 amide bonds. The molecule has 1 heterocycles. The Labute approximate surface area is 114 Å².